The summed E-state index contributed by atoms with van der Waals surface area (Å²) in [5, 5.41) is -0.127. The molecule has 1 aliphatic heterocycles. The third kappa shape index (κ3) is 3.06. The number of hydrogen-bond acceptors (Lipinski definition) is 3. The Bertz CT molecular complexity index is 361. The minimum atomic E-state index is -3.07. The molecule has 0 amide bonds. The van der Waals surface area contributed by atoms with Crippen molar-refractivity contribution in [1.82, 2.24) is 4.31 Å². The summed E-state index contributed by atoms with van der Waals surface area (Å²) in [7, 11) is -3.07. The van der Waals surface area contributed by atoms with E-state index in [0.717, 1.165) is 38.5 Å². The van der Waals surface area contributed by atoms with Crippen LogP contribution in [0.2, 0.25) is 0 Å². The van der Waals surface area contributed by atoms with Crippen molar-refractivity contribution in [3.05, 3.63) is 0 Å². The number of rotatable bonds is 3. The zero-order valence-electron chi connectivity index (χ0n) is 11.3. The van der Waals surface area contributed by atoms with Gasteiger partial charge in [0.2, 0.25) is 10.0 Å². The molecule has 0 radical (unpaired) electrons. The first-order chi connectivity index (χ1) is 8.51. The lowest BCUT2D eigenvalue weighted by Crippen LogP contribution is -2.48. The zero-order chi connectivity index (χ0) is 13.2. The summed E-state index contributed by atoms with van der Waals surface area (Å²) in [5.41, 5.74) is 5.93. The van der Waals surface area contributed by atoms with Crippen molar-refractivity contribution in [2.24, 2.45) is 11.7 Å². The highest BCUT2D eigenvalue weighted by Crippen LogP contribution is 2.29. The summed E-state index contributed by atoms with van der Waals surface area (Å²) in [6, 6.07) is 0.0920. The highest BCUT2D eigenvalue weighted by Gasteiger charge is 2.36. The van der Waals surface area contributed by atoms with Gasteiger partial charge in [0.25, 0.3) is 0 Å². The van der Waals surface area contributed by atoms with Crippen LogP contribution in [0, 0.1) is 5.92 Å². The third-order valence-corrected chi connectivity index (χ3v) is 6.86. The molecular weight excluding hydrogens is 248 g/mol. The van der Waals surface area contributed by atoms with E-state index in [1.807, 2.05) is 6.92 Å². The van der Waals surface area contributed by atoms with Gasteiger partial charge in [0.1, 0.15) is 0 Å². The van der Waals surface area contributed by atoms with Crippen LogP contribution < -0.4 is 5.73 Å². The Balaban J connectivity index is 2.04. The number of nitrogens with two attached hydrogens (primary N) is 1. The molecule has 2 aliphatic rings. The Labute approximate surface area is 111 Å². The number of sulfonamides is 1. The first-order valence-corrected chi connectivity index (χ1v) is 8.76. The second-order valence-electron chi connectivity index (χ2n) is 5.92. The summed E-state index contributed by atoms with van der Waals surface area (Å²) in [6.45, 7) is 3.32. The summed E-state index contributed by atoms with van der Waals surface area (Å²) in [6.07, 6.45) is 7.03. The van der Waals surface area contributed by atoms with Crippen LogP contribution in [0.4, 0.5) is 0 Å². The van der Waals surface area contributed by atoms with Crippen molar-refractivity contribution < 1.29 is 8.42 Å². The van der Waals surface area contributed by atoms with E-state index in [9.17, 15) is 8.42 Å². The van der Waals surface area contributed by atoms with Gasteiger partial charge in [-0.15, -0.1) is 0 Å². The second kappa shape index (κ2) is 5.88. The topological polar surface area (TPSA) is 63.4 Å². The highest BCUT2D eigenvalue weighted by atomic mass is 32.2. The van der Waals surface area contributed by atoms with Gasteiger partial charge >= 0.3 is 0 Å². The van der Waals surface area contributed by atoms with Crippen molar-refractivity contribution in [2.45, 2.75) is 63.2 Å². The lowest BCUT2D eigenvalue weighted by Gasteiger charge is -2.36. The predicted octanol–water partition coefficient (Wildman–Crippen LogP) is 1.71. The van der Waals surface area contributed by atoms with Crippen LogP contribution in [0.5, 0.6) is 0 Å². The van der Waals surface area contributed by atoms with Crippen molar-refractivity contribution in [2.75, 3.05) is 13.1 Å². The first-order valence-electron chi connectivity index (χ1n) is 7.26. The summed E-state index contributed by atoms with van der Waals surface area (Å²) < 4.78 is 26.9. The van der Waals surface area contributed by atoms with Crippen molar-refractivity contribution in [3.63, 3.8) is 0 Å². The van der Waals surface area contributed by atoms with Gasteiger partial charge in [-0.3, -0.25) is 0 Å². The molecule has 0 aromatic carbocycles. The SMILES string of the molecule is CC(N)C1CCCN(S(=O)(=O)C2CCCCC2)C1. The molecule has 2 unspecified atom stereocenters. The van der Waals surface area contributed by atoms with Crippen LogP contribution in [-0.4, -0.2) is 37.1 Å². The average molecular weight is 274 g/mol. The maximum atomic E-state index is 12.6. The zero-order valence-corrected chi connectivity index (χ0v) is 12.2. The molecule has 2 rings (SSSR count). The van der Waals surface area contributed by atoms with Gasteiger partial charge in [0.05, 0.1) is 5.25 Å². The molecule has 18 heavy (non-hydrogen) atoms. The third-order valence-electron chi connectivity index (χ3n) is 4.50. The van der Waals surface area contributed by atoms with E-state index >= 15 is 0 Å². The molecular formula is C13H26N2O2S. The molecule has 2 atom stereocenters. The van der Waals surface area contributed by atoms with Gasteiger partial charge in [0.15, 0.2) is 0 Å². The Hall–Kier alpha value is -0.130. The Morgan fingerprint density at radius 1 is 1.11 bits per heavy atom. The van der Waals surface area contributed by atoms with Gasteiger partial charge in [0, 0.05) is 19.1 Å². The highest BCUT2D eigenvalue weighted by molar-refractivity contribution is 7.89. The molecule has 5 heteroatoms. The molecule has 1 saturated heterocycles. The molecule has 1 saturated carbocycles. The molecule has 0 bridgehead atoms. The molecule has 1 heterocycles. The van der Waals surface area contributed by atoms with Crippen LogP contribution in [0.1, 0.15) is 51.9 Å². The average Bonchev–Trinajstić information content (AvgIpc) is 2.40. The minimum absolute atomic E-state index is 0.0920. The Morgan fingerprint density at radius 3 is 2.39 bits per heavy atom. The van der Waals surface area contributed by atoms with E-state index in [0.29, 0.717) is 19.0 Å². The van der Waals surface area contributed by atoms with Gasteiger partial charge < -0.3 is 5.73 Å². The molecule has 1 aliphatic carbocycles. The standard InChI is InChI=1S/C13H26N2O2S/c1-11(14)12-6-5-9-15(10-12)18(16,17)13-7-3-2-4-8-13/h11-13H,2-10,14H2,1H3. The van der Waals surface area contributed by atoms with Crippen molar-refractivity contribution >= 4 is 10.0 Å². The number of nitrogens with zero attached hydrogens (tertiary/aromatic N) is 1. The maximum absolute atomic E-state index is 12.6. The Morgan fingerprint density at radius 2 is 1.78 bits per heavy atom. The van der Waals surface area contributed by atoms with E-state index in [1.165, 1.54) is 6.42 Å². The molecule has 0 aromatic rings. The van der Waals surface area contributed by atoms with E-state index in [4.69, 9.17) is 5.73 Å². The largest absolute Gasteiger partial charge is 0.328 e. The predicted molar refractivity (Wildman–Crippen MR) is 73.7 cm³/mol. The fourth-order valence-electron chi connectivity index (χ4n) is 3.21. The molecule has 2 fully saturated rings. The van der Waals surface area contributed by atoms with E-state index in [1.54, 1.807) is 4.31 Å². The van der Waals surface area contributed by atoms with Crippen LogP contribution >= 0.6 is 0 Å². The normalized spacial score (nSPS) is 30.2. The fourth-order valence-corrected chi connectivity index (χ4v) is 5.34. The summed E-state index contributed by atoms with van der Waals surface area (Å²) in [5.74, 6) is 0.331. The number of hydrogen-bond donors (Lipinski definition) is 1. The molecule has 0 spiro atoms. The second-order valence-corrected chi connectivity index (χ2v) is 8.14. The van der Waals surface area contributed by atoms with Gasteiger partial charge in [-0.2, -0.15) is 0 Å². The van der Waals surface area contributed by atoms with Gasteiger partial charge in [-0.1, -0.05) is 19.3 Å². The molecule has 0 aromatic heterocycles. The van der Waals surface area contributed by atoms with Crippen LogP contribution in [0.15, 0.2) is 0 Å². The van der Waals surface area contributed by atoms with Crippen LogP contribution in [0.3, 0.4) is 0 Å². The van der Waals surface area contributed by atoms with Crippen molar-refractivity contribution in [1.29, 1.82) is 0 Å². The lowest BCUT2D eigenvalue weighted by atomic mass is 9.93. The molecule has 106 valence electrons. The van der Waals surface area contributed by atoms with Gasteiger partial charge in [-0.05, 0) is 38.5 Å². The summed E-state index contributed by atoms with van der Waals surface area (Å²) in [4.78, 5) is 0. The van der Waals surface area contributed by atoms with Gasteiger partial charge in [-0.25, -0.2) is 12.7 Å². The molecule has 2 N–H and O–H groups in total. The number of piperidine rings is 1. The molecule has 4 nitrogen and oxygen atoms in total. The minimum Gasteiger partial charge on any atom is -0.328 e. The quantitative estimate of drug-likeness (QED) is 0.852. The van der Waals surface area contributed by atoms with E-state index in [2.05, 4.69) is 0 Å². The lowest BCUT2D eigenvalue weighted by molar-refractivity contribution is 0.239. The van der Waals surface area contributed by atoms with Crippen LogP contribution in [-0.2, 0) is 10.0 Å². The van der Waals surface area contributed by atoms with Crippen molar-refractivity contribution in [3.8, 4) is 0 Å². The van der Waals surface area contributed by atoms with E-state index < -0.39 is 10.0 Å². The fraction of sp³-hybridized carbons (Fsp3) is 1.00. The smallest absolute Gasteiger partial charge is 0.216 e. The monoisotopic (exact) mass is 274 g/mol. The van der Waals surface area contributed by atoms with Crippen LogP contribution in [0.25, 0.3) is 0 Å². The summed E-state index contributed by atoms with van der Waals surface area (Å²) >= 11 is 0. The Kier molecular flexibility index (Phi) is 4.67. The maximum Gasteiger partial charge on any atom is 0.216 e. The van der Waals surface area contributed by atoms with E-state index in [-0.39, 0.29) is 11.3 Å². The first kappa shape index (κ1) is 14.3.